The predicted molar refractivity (Wildman–Crippen MR) is 53.9 cm³/mol. The Morgan fingerprint density at radius 2 is 2.31 bits per heavy atom. The molecule has 68 valence electrons. The van der Waals surface area contributed by atoms with Crippen molar-refractivity contribution in [2.45, 2.75) is 26.7 Å². The topological polar surface area (TPSA) is 17.3 Å². The summed E-state index contributed by atoms with van der Waals surface area (Å²) in [5.41, 5.74) is 3.82. The standard InChI is InChI=1S/C11H14N2/c1-3-4-10-7-11-12-5-6-13(11)8-9(10)2/h5-8H,3-4H2,1-2H3. The van der Waals surface area contributed by atoms with Gasteiger partial charge in [-0.25, -0.2) is 4.98 Å². The fraction of sp³-hybridized carbons (Fsp3) is 0.364. The minimum atomic E-state index is 1.05. The van der Waals surface area contributed by atoms with E-state index in [-0.39, 0.29) is 0 Å². The van der Waals surface area contributed by atoms with Crippen molar-refractivity contribution < 1.29 is 0 Å². The van der Waals surface area contributed by atoms with Gasteiger partial charge >= 0.3 is 0 Å². The molecule has 2 nitrogen and oxygen atoms in total. The minimum absolute atomic E-state index is 1.05. The van der Waals surface area contributed by atoms with E-state index in [2.05, 4.69) is 35.5 Å². The van der Waals surface area contributed by atoms with Crippen LogP contribution in [0.4, 0.5) is 0 Å². The van der Waals surface area contributed by atoms with Gasteiger partial charge in [-0.2, -0.15) is 0 Å². The van der Waals surface area contributed by atoms with Gasteiger partial charge in [-0.05, 0) is 30.5 Å². The third-order valence-corrected chi connectivity index (χ3v) is 2.36. The van der Waals surface area contributed by atoms with E-state index in [9.17, 15) is 0 Å². The van der Waals surface area contributed by atoms with Gasteiger partial charge in [0.25, 0.3) is 0 Å². The number of pyridine rings is 1. The first-order valence-corrected chi connectivity index (χ1v) is 4.73. The van der Waals surface area contributed by atoms with Crippen LogP contribution < -0.4 is 0 Å². The Morgan fingerprint density at radius 3 is 3.08 bits per heavy atom. The average molecular weight is 174 g/mol. The van der Waals surface area contributed by atoms with Crippen LogP contribution in [0.1, 0.15) is 24.5 Å². The molecule has 0 aliphatic heterocycles. The van der Waals surface area contributed by atoms with Crippen molar-refractivity contribution in [3.05, 3.63) is 35.8 Å². The Morgan fingerprint density at radius 1 is 1.46 bits per heavy atom. The maximum Gasteiger partial charge on any atom is 0.136 e. The summed E-state index contributed by atoms with van der Waals surface area (Å²) in [7, 11) is 0. The molecule has 13 heavy (non-hydrogen) atoms. The summed E-state index contributed by atoms with van der Waals surface area (Å²) in [6.45, 7) is 4.36. The predicted octanol–water partition coefficient (Wildman–Crippen LogP) is 2.60. The van der Waals surface area contributed by atoms with Crippen molar-refractivity contribution in [1.82, 2.24) is 9.38 Å². The highest BCUT2D eigenvalue weighted by Crippen LogP contribution is 2.12. The van der Waals surface area contributed by atoms with Crippen molar-refractivity contribution in [3.63, 3.8) is 0 Å². The fourth-order valence-corrected chi connectivity index (χ4v) is 1.65. The average Bonchev–Trinajstić information content (AvgIpc) is 2.52. The number of hydrogen-bond donors (Lipinski definition) is 0. The van der Waals surface area contributed by atoms with Crippen molar-refractivity contribution in [2.24, 2.45) is 0 Å². The number of aromatic nitrogens is 2. The van der Waals surface area contributed by atoms with E-state index < -0.39 is 0 Å². The van der Waals surface area contributed by atoms with Gasteiger partial charge in [-0.3, -0.25) is 0 Å². The van der Waals surface area contributed by atoms with Crippen molar-refractivity contribution >= 4 is 5.65 Å². The van der Waals surface area contributed by atoms with Crippen LogP contribution in [0.25, 0.3) is 5.65 Å². The Hall–Kier alpha value is -1.31. The van der Waals surface area contributed by atoms with Gasteiger partial charge in [0.15, 0.2) is 0 Å². The van der Waals surface area contributed by atoms with E-state index in [1.54, 1.807) is 0 Å². The number of imidazole rings is 1. The van der Waals surface area contributed by atoms with E-state index in [1.165, 1.54) is 17.5 Å². The number of fused-ring (bicyclic) bond motifs is 1. The third kappa shape index (κ3) is 1.44. The van der Waals surface area contributed by atoms with Crippen molar-refractivity contribution in [1.29, 1.82) is 0 Å². The first-order chi connectivity index (χ1) is 6.31. The molecule has 0 N–H and O–H groups in total. The summed E-state index contributed by atoms with van der Waals surface area (Å²) in [6.07, 6.45) is 8.31. The molecule has 0 aromatic carbocycles. The summed E-state index contributed by atoms with van der Waals surface area (Å²) in [5, 5.41) is 0. The van der Waals surface area contributed by atoms with Crippen LogP contribution in [0, 0.1) is 6.92 Å². The molecule has 0 fully saturated rings. The molecule has 0 aliphatic rings. The first-order valence-electron chi connectivity index (χ1n) is 4.73. The Balaban J connectivity index is 2.56. The van der Waals surface area contributed by atoms with E-state index in [0.717, 1.165) is 12.1 Å². The van der Waals surface area contributed by atoms with Crippen LogP contribution in [-0.2, 0) is 6.42 Å². The SMILES string of the molecule is CCCc1cc2nccn2cc1C. The van der Waals surface area contributed by atoms with Crippen LogP contribution in [0.3, 0.4) is 0 Å². The molecular formula is C11H14N2. The van der Waals surface area contributed by atoms with Gasteiger partial charge < -0.3 is 4.40 Å². The Labute approximate surface area is 78.2 Å². The molecule has 2 aromatic rings. The first kappa shape index (κ1) is 8.30. The van der Waals surface area contributed by atoms with Crippen molar-refractivity contribution in [3.8, 4) is 0 Å². The molecular weight excluding hydrogens is 160 g/mol. The lowest BCUT2D eigenvalue weighted by Crippen LogP contribution is -1.93. The lowest BCUT2D eigenvalue weighted by molar-refractivity contribution is 0.906. The maximum absolute atomic E-state index is 4.27. The Kier molecular flexibility index (Phi) is 2.05. The lowest BCUT2D eigenvalue weighted by atomic mass is 10.1. The smallest absolute Gasteiger partial charge is 0.136 e. The zero-order chi connectivity index (χ0) is 9.26. The molecule has 2 heterocycles. The number of aryl methyl sites for hydroxylation is 2. The highest BCUT2D eigenvalue weighted by Gasteiger charge is 2.00. The minimum Gasteiger partial charge on any atom is -0.307 e. The Bertz CT molecular complexity index is 415. The summed E-state index contributed by atoms with van der Waals surface area (Å²) < 4.78 is 2.06. The molecule has 0 atom stereocenters. The van der Waals surface area contributed by atoms with Crippen LogP contribution >= 0.6 is 0 Å². The molecule has 2 heteroatoms. The zero-order valence-electron chi connectivity index (χ0n) is 8.12. The van der Waals surface area contributed by atoms with Gasteiger partial charge in [0.05, 0.1) is 0 Å². The number of hydrogen-bond acceptors (Lipinski definition) is 1. The van der Waals surface area contributed by atoms with E-state index in [1.807, 2.05) is 12.4 Å². The van der Waals surface area contributed by atoms with Gasteiger partial charge in [0.2, 0.25) is 0 Å². The second-order valence-electron chi connectivity index (χ2n) is 3.42. The zero-order valence-corrected chi connectivity index (χ0v) is 8.12. The van der Waals surface area contributed by atoms with Crippen LogP contribution in [0.2, 0.25) is 0 Å². The molecule has 0 saturated carbocycles. The van der Waals surface area contributed by atoms with Crippen LogP contribution in [-0.4, -0.2) is 9.38 Å². The molecule has 0 saturated heterocycles. The van der Waals surface area contributed by atoms with Crippen LogP contribution in [0.5, 0.6) is 0 Å². The largest absolute Gasteiger partial charge is 0.307 e. The highest BCUT2D eigenvalue weighted by atomic mass is 15.0. The fourth-order valence-electron chi connectivity index (χ4n) is 1.65. The summed E-state index contributed by atoms with van der Waals surface area (Å²) in [6, 6.07) is 2.18. The van der Waals surface area contributed by atoms with Crippen LogP contribution in [0.15, 0.2) is 24.7 Å². The van der Waals surface area contributed by atoms with Crippen molar-refractivity contribution in [2.75, 3.05) is 0 Å². The summed E-state index contributed by atoms with van der Waals surface area (Å²) in [4.78, 5) is 4.27. The molecule has 2 rings (SSSR count). The highest BCUT2D eigenvalue weighted by molar-refractivity contribution is 5.44. The lowest BCUT2D eigenvalue weighted by Gasteiger charge is -2.04. The molecule has 0 spiro atoms. The molecule has 2 aromatic heterocycles. The maximum atomic E-state index is 4.27. The number of nitrogens with zero attached hydrogens (tertiary/aromatic N) is 2. The van der Waals surface area contributed by atoms with E-state index in [4.69, 9.17) is 0 Å². The normalized spacial score (nSPS) is 10.9. The second kappa shape index (κ2) is 3.21. The monoisotopic (exact) mass is 174 g/mol. The molecule has 0 aliphatic carbocycles. The molecule has 0 radical (unpaired) electrons. The second-order valence-corrected chi connectivity index (χ2v) is 3.42. The molecule has 0 unspecified atom stereocenters. The summed E-state index contributed by atoms with van der Waals surface area (Å²) >= 11 is 0. The summed E-state index contributed by atoms with van der Waals surface area (Å²) in [5.74, 6) is 0. The van der Waals surface area contributed by atoms with Gasteiger partial charge in [-0.15, -0.1) is 0 Å². The van der Waals surface area contributed by atoms with Gasteiger partial charge in [0.1, 0.15) is 5.65 Å². The third-order valence-electron chi connectivity index (χ3n) is 2.36. The van der Waals surface area contributed by atoms with Gasteiger partial charge in [0, 0.05) is 18.6 Å². The number of rotatable bonds is 2. The molecule has 0 bridgehead atoms. The van der Waals surface area contributed by atoms with E-state index in [0.29, 0.717) is 0 Å². The van der Waals surface area contributed by atoms with E-state index >= 15 is 0 Å². The van der Waals surface area contributed by atoms with Gasteiger partial charge in [-0.1, -0.05) is 13.3 Å². The molecule has 0 amide bonds. The quantitative estimate of drug-likeness (QED) is 0.684.